The zero-order chi connectivity index (χ0) is 20.1. The highest BCUT2D eigenvalue weighted by Crippen LogP contribution is 2.35. The van der Waals surface area contributed by atoms with Gasteiger partial charge in [-0.1, -0.05) is 29.8 Å². The SMILES string of the molecule is COc1cc(CNc2cccc(Cl)c2C)cc(I)c1OCc1cccc(F)c1. The van der Waals surface area contributed by atoms with Crippen LogP contribution in [-0.2, 0) is 13.2 Å². The summed E-state index contributed by atoms with van der Waals surface area (Å²) in [5.41, 5.74) is 3.83. The lowest BCUT2D eigenvalue weighted by Gasteiger charge is -2.16. The topological polar surface area (TPSA) is 30.5 Å². The number of halogens is 3. The van der Waals surface area contributed by atoms with E-state index in [0.717, 1.165) is 31.0 Å². The van der Waals surface area contributed by atoms with Gasteiger partial charge in [0.15, 0.2) is 11.5 Å². The summed E-state index contributed by atoms with van der Waals surface area (Å²) in [6.07, 6.45) is 0. The number of hydrogen-bond acceptors (Lipinski definition) is 3. The van der Waals surface area contributed by atoms with Gasteiger partial charge >= 0.3 is 0 Å². The van der Waals surface area contributed by atoms with Gasteiger partial charge in [0.1, 0.15) is 12.4 Å². The number of ether oxygens (including phenoxy) is 2. The molecule has 0 bridgehead atoms. The summed E-state index contributed by atoms with van der Waals surface area (Å²) in [7, 11) is 1.61. The van der Waals surface area contributed by atoms with Gasteiger partial charge in [0.2, 0.25) is 0 Å². The molecule has 3 aromatic rings. The zero-order valence-corrected chi connectivity index (χ0v) is 18.5. The Kier molecular flexibility index (Phi) is 7.02. The highest BCUT2D eigenvalue weighted by molar-refractivity contribution is 14.1. The maximum Gasteiger partial charge on any atom is 0.174 e. The van der Waals surface area contributed by atoms with Crippen molar-refractivity contribution in [3.63, 3.8) is 0 Å². The predicted octanol–water partition coefficient (Wildman–Crippen LogP) is 6.59. The van der Waals surface area contributed by atoms with E-state index in [4.69, 9.17) is 21.1 Å². The van der Waals surface area contributed by atoms with Crippen LogP contribution in [0.5, 0.6) is 11.5 Å². The third-order valence-corrected chi connectivity index (χ3v) is 5.52. The Labute approximate surface area is 183 Å². The molecule has 0 saturated carbocycles. The van der Waals surface area contributed by atoms with E-state index >= 15 is 0 Å². The number of hydrogen-bond donors (Lipinski definition) is 1. The second-order valence-corrected chi connectivity index (χ2v) is 7.86. The quantitative estimate of drug-likeness (QED) is 0.363. The Balaban J connectivity index is 1.74. The molecule has 1 N–H and O–H groups in total. The molecule has 0 radical (unpaired) electrons. The second kappa shape index (κ2) is 9.47. The third kappa shape index (κ3) is 5.08. The van der Waals surface area contributed by atoms with Crippen LogP contribution in [0.1, 0.15) is 16.7 Å². The van der Waals surface area contributed by atoms with Gasteiger partial charge in [-0.2, -0.15) is 0 Å². The summed E-state index contributed by atoms with van der Waals surface area (Å²) in [5, 5.41) is 4.14. The lowest BCUT2D eigenvalue weighted by Crippen LogP contribution is -2.04. The average Bonchev–Trinajstić information content (AvgIpc) is 2.68. The fourth-order valence-corrected chi connectivity index (χ4v) is 3.79. The minimum atomic E-state index is -0.277. The van der Waals surface area contributed by atoms with Crippen LogP contribution in [0.2, 0.25) is 5.02 Å². The lowest BCUT2D eigenvalue weighted by molar-refractivity contribution is 0.281. The van der Waals surface area contributed by atoms with Crippen molar-refractivity contribution >= 4 is 39.9 Å². The molecule has 0 atom stereocenters. The van der Waals surface area contributed by atoms with E-state index in [9.17, 15) is 4.39 Å². The molecule has 6 heteroatoms. The Morgan fingerprint density at radius 3 is 2.61 bits per heavy atom. The van der Waals surface area contributed by atoms with E-state index in [2.05, 4.69) is 27.9 Å². The van der Waals surface area contributed by atoms with Gasteiger partial charge in [-0.3, -0.25) is 0 Å². The first-order chi connectivity index (χ1) is 13.5. The van der Waals surface area contributed by atoms with E-state index in [1.807, 2.05) is 43.3 Å². The highest BCUT2D eigenvalue weighted by Gasteiger charge is 2.13. The van der Waals surface area contributed by atoms with Crippen molar-refractivity contribution in [1.82, 2.24) is 0 Å². The van der Waals surface area contributed by atoms with Gasteiger partial charge in [0, 0.05) is 17.3 Å². The molecule has 0 heterocycles. The first-order valence-corrected chi connectivity index (χ1v) is 10.2. The standard InChI is InChI=1S/C22H20ClFINO2/c1-14-18(23)7-4-8-20(14)26-12-16-10-19(25)22(21(11-16)27-2)28-13-15-5-3-6-17(24)9-15/h3-11,26H,12-13H2,1-2H3. The molecule has 3 nitrogen and oxygen atoms in total. The number of methoxy groups -OCH3 is 1. The van der Waals surface area contributed by atoms with Crippen LogP contribution in [0.3, 0.4) is 0 Å². The highest BCUT2D eigenvalue weighted by atomic mass is 127. The van der Waals surface area contributed by atoms with Crippen molar-refractivity contribution in [2.45, 2.75) is 20.1 Å². The normalized spacial score (nSPS) is 10.6. The minimum Gasteiger partial charge on any atom is -0.493 e. The van der Waals surface area contributed by atoms with Gasteiger partial charge < -0.3 is 14.8 Å². The summed E-state index contributed by atoms with van der Waals surface area (Å²) in [6, 6.07) is 16.1. The summed E-state index contributed by atoms with van der Waals surface area (Å²) >= 11 is 8.41. The molecular formula is C22H20ClFINO2. The van der Waals surface area contributed by atoms with Gasteiger partial charge in [0.25, 0.3) is 0 Å². The fourth-order valence-electron chi connectivity index (χ4n) is 2.79. The van der Waals surface area contributed by atoms with E-state index in [1.165, 1.54) is 12.1 Å². The van der Waals surface area contributed by atoms with Gasteiger partial charge in [0.05, 0.1) is 10.7 Å². The number of benzene rings is 3. The molecule has 0 saturated heterocycles. The van der Waals surface area contributed by atoms with E-state index < -0.39 is 0 Å². The molecule has 28 heavy (non-hydrogen) atoms. The van der Waals surface area contributed by atoms with Gasteiger partial charge in [-0.15, -0.1) is 0 Å². The average molecular weight is 512 g/mol. The smallest absolute Gasteiger partial charge is 0.174 e. The maximum atomic E-state index is 13.4. The first kappa shape index (κ1) is 20.7. The van der Waals surface area contributed by atoms with Crippen molar-refractivity contribution < 1.29 is 13.9 Å². The van der Waals surface area contributed by atoms with Crippen LogP contribution in [0.4, 0.5) is 10.1 Å². The molecule has 0 aliphatic rings. The summed E-state index contributed by atoms with van der Waals surface area (Å²) in [4.78, 5) is 0. The summed E-state index contributed by atoms with van der Waals surface area (Å²) in [5.74, 6) is 1.01. The molecule has 0 aliphatic carbocycles. The molecule has 3 aromatic carbocycles. The molecule has 0 aliphatic heterocycles. The Morgan fingerprint density at radius 2 is 1.86 bits per heavy atom. The Bertz CT molecular complexity index is 981. The number of nitrogens with one attached hydrogen (secondary N) is 1. The fraction of sp³-hybridized carbons (Fsp3) is 0.182. The molecule has 0 amide bonds. The Hall–Kier alpha value is -1.99. The minimum absolute atomic E-state index is 0.267. The van der Waals surface area contributed by atoms with Crippen LogP contribution < -0.4 is 14.8 Å². The second-order valence-electron chi connectivity index (χ2n) is 6.29. The maximum absolute atomic E-state index is 13.4. The van der Waals surface area contributed by atoms with Crippen molar-refractivity contribution in [3.8, 4) is 11.5 Å². The monoisotopic (exact) mass is 511 g/mol. The zero-order valence-electron chi connectivity index (χ0n) is 15.6. The van der Waals surface area contributed by atoms with Crippen molar-refractivity contribution in [2.75, 3.05) is 12.4 Å². The molecular weight excluding hydrogens is 492 g/mol. The van der Waals surface area contributed by atoms with Crippen LogP contribution in [0.15, 0.2) is 54.6 Å². The van der Waals surface area contributed by atoms with Crippen LogP contribution in [-0.4, -0.2) is 7.11 Å². The number of anilines is 1. The Morgan fingerprint density at radius 1 is 1.07 bits per heavy atom. The van der Waals surface area contributed by atoms with E-state index in [-0.39, 0.29) is 12.4 Å². The van der Waals surface area contributed by atoms with Gasteiger partial charge in [-0.05, 0) is 82.6 Å². The van der Waals surface area contributed by atoms with Crippen LogP contribution in [0.25, 0.3) is 0 Å². The van der Waals surface area contributed by atoms with E-state index in [0.29, 0.717) is 18.0 Å². The van der Waals surface area contributed by atoms with Crippen molar-refractivity contribution in [2.24, 2.45) is 0 Å². The molecule has 146 valence electrons. The lowest BCUT2D eigenvalue weighted by atomic mass is 10.1. The largest absolute Gasteiger partial charge is 0.493 e. The third-order valence-electron chi connectivity index (χ3n) is 4.31. The predicted molar refractivity (Wildman–Crippen MR) is 120 cm³/mol. The molecule has 0 spiro atoms. The summed E-state index contributed by atoms with van der Waals surface area (Å²) in [6.45, 7) is 2.87. The van der Waals surface area contributed by atoms with Crippen LogP contribution >= 0.6 is 34.2 Å². The van der Waals surface area contributed by atoms with Crippen LogP contribution in [0, 0.1) is 16.3 Å². The van der Waals surface area contributed by atoms with E-state index in [1.54, 1.807) is 13.2 Å². The molecule has 0 unspecified atom stereocenters. The first-order valence-electron chi connectivity index (χ1n) is 8.70. The van der Waals surface area contributed by atoms with Gasteiger partial charge in [-0.25, -0.2) is 4.39 Å². The van der Waals surface area contributed by atoms with Crippen molar-refractivity contribution in [1.29, 1.82) is 0 Å². The number of rotatable bonds is 7. The van der Waals surface area contributed by atoms with Crippen molar-refractivity contribution in [3.05, 3.63) is 85.7 Å². The summed E-state index contributed by atoms with van der Waals surface area (Å²) < 4.78 is 25.7. The molecule has 0 fully saturated rings. The molecule has 3 rings (SSSR count). The molecule has 0 aromatic heterocycles.